The highest BCUT2D eigenvalue weighted by atomic mass is 16.2. The van der Waals surface area contributed by atoms with Crippen molar-refractivity contribution in [3.05, 3.63) is 29.8 Å². The standard InChI is InChI=1S/C16H25N3O/c1-3-12(2)18-16(20)11-19(15-8-9-15)14-6-4-13(10-17)5-7-14/h4-7,12,15H,3,8-11,17H2,1-2H3,(H,18,20). The first-order valence-electron chi connectivity index (χ1n) is 7.49. The normalized spacial score (nSPS) is 15.8. The zero-order valence-corrected chi connectivity index (χ0v) is 12.4. The zero-order valence-electron chi connectivity index (χ0n) is 12.4. The molecule has 0 spiro atoms. The van der Waals surface area contributed by atoms with E-state index in [9.17, 15) is 4.79 Å². The molecule has 2 rings (SSSR count). The molecule has 0 radical (unpaired) electrons. The molecule has 3 N–H and O–H groups in total. The van der Waals surface area contributed by atoms with Gasteiger partial charge < -0.3 is 16.0 Å². The average Bonchev–Trinajstić information content (AvgIpc) is 3.29. The number of nitrogens with zero attached hydrogens (tertiary/aromatic N) is 1. The molecule has 0 aromatic heterocycles. The monoisotopic (exact) mass is 275 g/mol. The Morgan fingerprint density at radius 2 is 2.05 bits per heavy atom. The molecule has 0 aliphatic heterocycles. The average molecular weight is 275 g/mol. The molecule has 110 valence electrons. The van der Waals surface area contributed by atoms with Gasteiger partial charge in [-0.15, -0.1) is 0 Å². The van der Waals surface area contributed by atoms with E-state index in [1.54, 1.807) is 0 Å². The third-order valence-electron chi connectivity index (χ3n) is 3.83. The Labute approximate surface area is 121 Å². The van der Waals surface area contributed by atoms with E-state index in [-0.39, 0.29) is 11.9 Å². The number of anilines is 1. The zero-order chi connectivity index (χ0) is 14.5. The van der Waals surface area contributed by atoms with Gasteiger partial charge in [0.25, 0.3) is 0 Å². The van der Waals surface area contributed by atoms with Gasteiger partial charge in [0.15, 0.2) is 0 Å². The number of carbonyl (C=O) groups excluding carboxylic acids is 1. The van der Waals surface area contributed by atoms with Crippen molar-refractivity contribution in [2.45, 2.75) is 51.7 Å². The molecule has 1 atom stereocenters. The van der Waals surface area contributed by atoms with Gasteiger partial charge in [0, 0.05) is 24.3 Å². The number of benzene rings is 1. The third-order valence-corrected chi connectivity index (χ3v) is 3.83. The van der Waals surface area contributed by atoms with E-state index >= 15 is 0 Å². The van der Waals surface area contributed by atoms with Crippen LogP contribution in [0.1, 0.15) is 38.7 Å². The summed E-state index contributed by atoms with van der Waals surface area (Å²) < 4.78 is 0. The van der Waals surface area contributed by atoms with Crippen LogP contribution >= 0.6 is 0 Å². The number of nitrogens with two attached hydrogens (primary N) is 1. The molecule has 1 aromatic rings. The topological polar surface area (TPSA) is 58.4 Å². The van der Waals surface area contributed by atoms with Gasteiger partial charge in [0.1, 0.15) is 0 Å². The van der Waals surface area contributed by atoms with Crippen LogP contribution in [0.25, 0.3) is 0 Å². The summed E-state index contributed by atoms with van der Waals surface area (Å²) in [6, 6.07) is 8.97. The van der Waals surface area contributed by atoms with Crippen molar-refractivity contribution >= 4 is 11.6 Å². The van der Waals surface area contributed by atoms with E-state index < -0.39 is 0 Å². The van der Waals surface area contributed by atoms with E-state index in [0.29, 0.717) is 19.1 Å². The summed E-state index contributed by atoms with van der Waals surface area (Å²) in [5, 5.41) is 3.03. The van der Waals surface area contributed by atoms with Crippen LogP contribution in [-0.2, 0) is 11.3 Å². The second-order valence-electron chi connectivity index (χ2n) is 5.61. The number of amides is 1. The second-order valence-corrected chi connectivity index (χ2v) is 5.61. The van der Waals surface area contributed by atoms with Gasteiger partial charge in [-0.25, -0.2) is 0 Å². The minimum absolute atomic E-state index is 0.106. The molecule has 0 saturated heterocycles. The minimum atomic E-state index is 0.106. The summed E-state index contributed by atoms with van der Waals surface area (Å²) in [6.45, 7) is 5.11. The molecule has 0 bridgehead atoms. The third kappa shape index (κ3) is 3.97. The maximum atomic E-state index is 12.1. The van der Waals surface area contributed by atoms with Crippen molar-refractivity contribution in [2.24, 2.45) is 5.73 Å². The number of carbonyl (C=O) groups is 1. The van der Waals surface area contributed by atoms with E-state index in [1.807, 2.05) is 19.1 Å². The summed E-state index contributed by atoms with van der Waals surface area (Å²) in [5.41, 5.74) is 7.86. The molecule has 0 heterocycles. The van der Waals surface area contributed by atoms with Crippen LogP contribution in [0.4, 0.5) is 5.69 Å². The molecule has 1 saturated carbocycles. The molecule has 1 amide bonds. The predicted molar refractivity (Wildman–Crippen MR) is 82.6 cm³/mol. The van der Waals surface area contributed by atoms with Crippen LogP contribution in [-0.4, -0.2) is 24.5 Å². The Balaban J connectivity index is 2.01. The lowest BCUT2D eigenvalue weighted by Gasteiger charge is -2.25. The van der Waals surface area contributed by atoms with E-state index in [2.05, 4.69) is 29.3 Å². The molecule has 1 aliphatic carbocycles. The first-order chi connectivity index (χ1) is 9.63. The molecule has 1 unspecified atom stereocenters. The molecular weight excluding hydrogens is 250 g/mol. The second kappa shape index (κ2) is 6.75. The fraction of sp³-hybridized carbons (Fsp3) is 0.562. The molecule has 4 heteroatoms. The van der Waals surface area contributed by atoms with E-state index in [1.165, 1.54) is 12.8 Å². The maximum Gasteiger partial charge on any atom is 0.239 e. The fourth-order valence-electron chi connectivity index (χ4n) is 2.22. The smallest absolute Gasteiger partial charge is 0.239 e. The Hall–Kier alpha value is -1.55. The lowest BCUT2D eigenvalue weighted by atomic mass is 10.2. The Morgan fingerprint density at radius 3 is 2.55 bits per heavy atom. The summed E-state index contributed by atoms with van der Waals surface area (Å²) in [5.74, 6) is 0.106. The predicted octanol–water partition coefficient (Wildman–Crippen LogP) is 2.03. The van der Waals surface area contributed by atoms with Crippen LogP contribution in [0, 0.1) is 0 Å². The van der Waals surface area contributed by atoms with Gasteiger partial charge in [-0.2, -0.15) is 0 Å². The van der Waals surface area contributed by atoms with Crippen LogP contribution < -0.4 is 16.0 Å². The van der Waals surface area contributed by atoms with Crippen molar-refractivity contribution in [2.75, 3.05) is 11.4 Å². The highest BCUT2D eigenvalue weighted by Gasteiger charge is 2.30. The lowest BCUT2D eigenvalue weighted by Crippen LogP contribution is -2.41. The van der Waals surface area contributed by atoms with Gasteiger partial charge in [-0.3, -0.25) is 4.79 Å². The van der Waals surface area contributed by atoms with Crippen molar-refractivity contribution in [3.63, 3.8) is 0 Å². The van der Waals surface area contributed by atoms with Crippen LogP contribution in [0.15, 0.2) is 24.3 Å². The van der Waals surface area contributed by atoms with E-state index in [0.717, 1.165) is 17.7 Å². The highest BCUT2D eigenvalue weighted by molar-refractivity contribution is 5.82. The highest BCUT2D eigenvalue weighted by Crippen LogP contribution is 2.31. The molecular formula is C16H25N3O. The molecule has 1 aliphatic rings. The first-order valence-corrected chi connectivity index (χ1v) is 7.49. The summed E-state index contributed by atoms with van der Waals surface area (Å²) in [7, 11) is 0. The summed E-state index contributed by atoms with van der Waals surface area (Å²) in [4.78, 5) is 14.3. The molecule has 1 fully saturated rings. The lowest BCUT2D eigenvalue weighted by molar-refractivity contribution is -0.120. The number of hydrogen-bond donors (Lipinski definition) is 2. The van der Waals surface area contributed by atoms with Gasteiger partial charge in [-0.05, 0) is 43.9 Å². The SMILES string of the molecule is CCC(C)NC(=O)CN(c1ccc(CN)cc1)C1CC1. The van der Waals surface area contributed by atoms with Crippen molar-refractivity contribution < 1.29 is 4.79 Å². The van der Waals surface area contributed by atoms with Gasteiger partial charge in [0.2, 0.25) is 5.91 Å². The molecule has 20 heavy (non-hydrogen) atoms. The largest absolute Gasteiger partial charge is 0.359 e. The first kappa shape index (κ1) is 14.9. The molecule has 1 aromatic carbocycles. The quantitative estimate of drug-likeness (QED) is 0.800. The summed E-state index contributed by atoms with van der Waals surface area (Å²) in [6.07, 6.45) is 3.31. The van der Waals surface area contributed by atoms with Crippen molar-refractivity contribution in [3.8, 4) is 0 Å². The van der Waals surface area contributed by atoms with Crippen molar-refractivity contribution in [1.82, 2.24) is 5.32 Å². The Kier molecular flexibility index (Phi) is 5.01. The van der Waals surface area contributed by atoms with Gasteiger partial charge in [0.05, 0.1) is 6.54 Å². The van der Waals surface area contributed by atoms with Gasteiger partial charge >= 0.3 is 0 Å². The maximum absolute atomic E-state index is 12.1. The summed E-state index contributed by atoms with van der Waals surface area (Å²) >= 11 is 0. The number of hydrogen-bond acceptors (Lipinski definition) is 3. The Morgan fingerprint density at radius 1 is 1.40 bits per heavy atom. The number of nitrogens with one attached hydrogen (secondary N) is 1. The van der Waals surface area contributed by atoms with Crippen LogP contribution in [0.2, 0.25) is 0 Å². The van der Waals surface area contributed by atoms with Crippen LogP contribution in [0.3, 0.4) is 0 Å². The minimum Gasteiger partial charge on any atom is -0.359 e. The number of rotatable bonds is 7. The Bertz CT molecular complexity index is 440. The van der Waals surface area contributed by atoms with Crippen molar-refractivity contribution in [1.29, 1.82) is 0 Å². The van der Waals surface area contributed by atoms with Gasteiger partial charge in [-0.1, -0.05) is 19.1 Å². The molecule has 4 nitrogen and oxygen atoms in total. The fourth-order valence-corrected chi connectivity index (χ4v) is 2.22. The van der Waals surface area contributed by atoms with E-state index in [4.69, 9.17) is 5.73 Å². The van der Waals surface area contributed by atoms with Crippen LogP contribution in [0.5, 0.6) is 0 Å².